The molecule has 1 aliphatic rings. The molecule has 0 saturated heterocycles. The Kier molecular flexibility index (Phi) is 3.33. The van der Waals surface area contributed by atoms with E-state index in [9.17, 15) is 9.59 Å². The highest BCUT2D eigenvalue weighted by Crippen LogP contribution is 2.29. The summed E-state index contributed by atoms with van der Waals surface area (Å²) in [5.74, 6) is -0.391. The SMILES string of the molecule is CC(=O)CC(=O)Nc1nc2c(s1)CCCC2. The van der Waals surface area contributed by atoms with Gasteiger partial charge in [-0.3, -0.25) is 9.59 Å². The molecule has 0 atom stereocenters. The maximum Gasteiger partial charge on any atom is 0.233 e. The molecule has 0 radical (unpaired) electrons. The number of fused-ring (bicyclic) bond motifs is 1. The van der Waals surface area contributed by atoms with Gasteiger partial charge in [0.25, 0.3) is 0 Å². The summed E-state index contributed by atoms with van der Waals surface area (Å²) in [6.07, 6.45) is 4.39. The van der Waals surface area contributed by atoms with Crippen molar-refractivity contribution in [3.05, 3.63) is 10.6 Å². The average Bonchev–Trinajstić information content (AvgIpc) is 2.57. The number of nitrogens with one attached hydrogen (secondary N) is 1. The molecule has 1 aromatic heterocycles. The van der Waals surface area contributed by atoms with Crippen LogP contribution in [0.5, 0.6) is 0 Å². The lowest BCUT2D eigenvalue weighted by Crippen LogP contribution is -2.14. The van der Waals surface area contributed by atoms with Gasteiger partial charge in [0.15, 0.2) is 5.13 Å². The lowest BCUT2D eigenvalue weighted by molar-refractivity contribution is -0.124. The molecular formula is C11H14N2O2S. The van der Waals surface area contributed by atoms with Crippen molar-refractivity contribution in [1.82, 2.24) is 4.98 Å². The van der Waals surface area contributed by atoms with Crippen molar-refractivity contribution < 1.29 is 9.59 Å². The Balaban J connectivity index is 2.02. The Labute approximate surface area is 98.1 Å². The van der Waals surface area contributed by atoms with E-state index >= 15 is 0 Å². The number of aromatic nitrogens is 1. The molecular weight excluding hydrogens is 224 g/mol. The van der Waals surface area contributed by atoms with Crippen molar-refractivity contribution in [2.45, 2.75) is 39.0 Å². The molecule has 1 aromatic rings. The number of hydrogen-bond acceptors (Lipinski definition) is 4. The minimum atomic E-state index is -0.265. The van der Waals surface area contributed by atoms with E-state index in [0.717, 1.165) is 18.5 Å². The molecule has 1 N–H and O–H groups in total. The van der Waals surface area contributed by atoms with Crippen molar-refractivity contribution in [3.8, 4) is 0 Å². The van der Waals surface area contributed by atoms with Crippen LogP contribution in [-0.2, 0) is 22.4 Å². The Hall–Kier alpha value is -1.23. The van der Waals surface area contributed by atoms with Crippen LogP contribution in [0.4, 0.5) is 5.13 Å². The molecule has 4 nitrogen and oxygen atoms in total. The molecule has 0 saturated carbocycles. The molecule has 16 heavy (non-hydrogen) atoms. The number of rotatable bonds is 3. The molecule has 5 heteroatoms. The summed E-state index contributed by atoms with van der Waals surface area (Å²) in [5, 5.41) is 3.32. The predicted octanol–water partition coefficient (Wildman–Crippen LogP) is 1.94. The van der Waals surface area contributed by atoms with Crippen molar-refractivity contribution in [3.63, 3.8) is 0 Å². The fraction of sp³-hybridized carbons (Fsp3) is 0.545. The Morgan fingerprint density at radius 3 is 2.81 bits per heavy atom. The van der Waals surface area contributed by atoms with Crippen molar-refractivity contribution >= 4 is 28.2 Å². The number of amides is 1. The highest BCUT2D eigenvalue weighted by atomic mass is 32.1. The van der Waals surface area contributed by atoms with E-state index in [2.05, 4.69) is 10.3 Å². The van der Waals surface area contributed by atoms with E-state index in [1.807, 2.05) is 0 Å². The van der Waals surface area contributed by atoms with Gasteiger partial charge in [0.05, 0.1) is 12.1 Å². The van der Waals surface area contributed by atoms with E-state index in [1.165, 1.54) is 36.0 Å². The zero-order chi connectivity index (χ0) is 11.5. The number of Topliss-reactive ketones (excluding diaryl/α,β-unsaturated/α-hetero) is 1. The van der Waals surface area contributed by atoms with Gasteiger partial charge in [-0.2, -0.15) is 0 Å². The second-order valence-electron chi connectivity index (χ2n) is 4.02. The van der Waals surface area contributed by atoms with E-state index in [-0.39, 0.29) is 18.1 Å². The number of carbonyl (C=O) groups excluding carboxylic acids is 2. The summed E-state index contributed by atoms with van der Waals surface area (Å²) < 4.78 is 0. The molecule has 0 aromatic carbocycles. The van der Waals surface area contributed by atoms with Gasteiger partial charge in [-0.05, 0) is 32.6 Å². The molecule has 1 aliphatic carbocycles. The summed E-state index contributed by atoms with van der Waals surface area (Å²) in [6, 6.07) is 0. The van der Waals surface area contributed by atoms with Crippen molar-refractivity contribution in [1.29, 1.82) is 0 Å². The Morgan fingerprint density at radius 1 is 1.38 bits per heavy atom. The van der Waals surface area contributed by atoms with Crippen LogP contribution in [0.25, 0.3) is 0 Å². The lowest BCUT2D eigenvalue weighted by Gasteiger charge is -2.06. The summed E-state index contributed by atoms with van der Waals surface area (Å²) in [4.78, 5) is 27.8. The molecule has 86 valence electrons. The smallest absolute Gasteiger partial charge is 0.233 e. The van der Waals surface area contributed by atoms with E-state index in [4.69, 9.17) is 0 Å². The van der Waals surface area contributed by atoms with Gasteiger partial charge in [-0.25, -0.2) is 4.98 Å². The standard InChI is InChI=1S/C11H14N2O2S/c1-7(14)6-10(15)13-11-12-8-4-2-3-5-9(8)16-11/h2-6H2,1H3,(H,12,13,15). The number of anilines is 1. The minimum absolute atomic E-state index is 0.0652. The minimum Gasteiger partial charge on any atom is -0.302 e. The van der Waals surface area contributed by atoms with Gasteiger partial charge in [0, 0.05) is 4.88 Å². The third kappa shape index (κ3) is 2.66. The average molecular weight is 238 g/mol. The first-order valence-corrected chi connectivity index (χ1v) is 6.24. The van der Waals surface area contributed by atoms with Gasteiger partial charge in [0.1, 0.15) is 5.78 Å². The summed E-state index contributed by atoms with van der Waals surface area (Å²) >= 11 is 1.54. The Bertz CT molecular complexity index is 402. The summed E-state index contributed by atoms with van der Waals surface area (Å²) in [5.41, 5.74) is 1.12. The largest absolute Gasteiger partial charge is 0.302 e. The molecule has 1 amide bonds. The summed E-state index contributed by atoms with van der Waals surface area (Å²) in [6.45, 7) is 1.41. The van der Waals surface area contributed by atoms with Crippen LogP contribution in [0.1, 0.15) is 36.8 Å². The monoisotopic (exact) mass is 238 g/mol. The maximum atomic E-state index is 11.4. The molecule has 0 spiro atoms. The van der Waals surface area contributed by atoms with Gasteiger partial charge in [0.2, 0.25) is 5.91 Å². The second-order valence-corrected chi connectivity index (χ2v) is 5.11. The third-order valence-electron chi connectivity index (χ3n) is 2.50. The van der Waals surface area contributed by atoms with Crippen molar-refractivity contribution in [2.24, 2.45) is 0 Å². The zero-order valence-electron chi connectivity index (χ0n) is 9.21. The first-order chi connectivity index (χ1) is 7.65. The second kappa shape index (κ2) is 4.74. The maximum absolute atomic E-state index is 11.4. The van der Waals surface area contributed by atoms with Crippen molar-refractivity contribution in [2.75, 3.05) is 5.32 Å². The number of carbonyl (C=O) groups is 2. The predicted molar refractivity (Wildman–Crippen MR) is 62.7 cm³/mol. The molecule has 0 aliphatic heterocycles. The van der Waals surface area contributed by atoms with Gasteiger partial charge < -0.3 is 5.32 Å². The number of thiazole rings is 1. The topological polar surface area (TPSA) is 59.1 Å². The number of hydrogen-bond donors (Lipinski definition) is 1. The Morgan fingerprint density at radius 2 is 2.12 bits per heavy atom. The van der Waals surface area contributed by atoms with E-state index in [1.54, 1.807) is 0 Å². The first kappa shape index (κ1) is 11.3. The third-order valence-corrected chi connectivity index (χ3v) is 3.57. The quantitative estimate of drug-likeness (QED) is 0.819. The van der Waals surface area contributed by atoms with Crippen LogP contribution in [-0.4, -0.2) is 16.7 Å². The molecule has 0 bridgehead atoms. The lowest BCUT2D eigenvalue weighted by atomic mass is 10.0. The van der Waals surface area contributed by atoms with Crippen LogP contribution in [0.15, 0.2) is 0 Å². The number of aryl methyl sites for hydroxylation is 2. The van der Waals surface area contributed by atoms with E-state index in [0.29, 0.717) is 5.13 Å². The zero-order valence-corrected chi connectivity index (χ0v) is 10.0. The molecule has 0 unspecified atom stereocenters. The normalized spacial score (nSPS) is 14.3. The van der Waals surface area contributed by atoms with Gasteiger partial charge in [-0.1, -0.05) is 0 Å². The van der Waals surface area contributed by atoms with E-state index < -0.39 is 0 Å². The van der Waals surface area contributed by atoms with Crippen LogP contribution >= 0.6 is 11.3 Å². The number of nitrogens with zero attached hydrogens (tertiary/aromatic N) is 1. The summed E-state index contributed by atoms with van der Waals surface area (Å²) in [7, 11) is 0. The fourth-order valence-corrected chi connectivity index (χ4v) is 2.86. The van der Waals surface area contributed by atoms with Crippen LogP contribution in [0.3, 0.4) is 0 Å². The highest BCUT2D eigenvalue weighted by Gasteiger charge is 2.16. The highest BCUT2D eigenvalue weighted by molar-refractivity contribution is 7.15. The number of ketones is 1. The van der Waals surface area contributed by atoms with Gasteiger partial charge in [-0.15, -0.1) is 11.3 Å². The van der Waals surface area contributed by atoms with Crippen LogP contribution < -0.4 is 5.32 Å². The molecule has 2 rings (SSSR count). The van der Waals surface area contributed by atoms with Gasteiger partial charge >= 0.3 is 0 Å². The molecule has 1 heterocycles. The van der Waals surface area contributed by atoms with Crippen LogP contribution in [0.2, 0.25) is 0 Å². The first-order valence-electron chi connectivity index (χ1n) is 5.43. The van der Waals surface area contributed by atoms with Crippen LogP contribution in [0, 0.1) is 0 Å². The molecule has 0 fully saturated rings. The fourth-order valence-electron chi connectivity index (χ4n) is 1.80.